The SMILES string of the molecule is Cc1ccc(Cl)cc1C(=O)NOC1CCCC1. The van der Waals surface area contributed by atoms with Crippen molar-refractivity contribution < 1.29 is 9.63 Å². The monoisotopic (exact) mass is 253 g/mol. The van der Waals surface area contributed by atoms with Crippen LogP contribution in [-0.4, -0.2) is 12.0 Å². The van der Waals surface area contributed by atoms with E-state index in [-0.39, 0.29) is 12.0 Å². The Balaban J connectivity index is 1.96. The van der Waals surface area contributed by atoms with Crippen LogP contribution in [-0.2, 0) is 4.84 Å². The lowest BCUT2D eigenvalue weighted by molar-refractivity contribution is -0.0125. The lowest BCUT2D eigenvalue weighted by Crippen LogP contribution is -2.28. The van der Waals surface area contributed by atoms with Crippen molar-refractivity contribution in [3.63, 3.8) is 0 Å². The van der Waals surface area contributed by atoms with E-state index in [4.69, 9.17) is 16.4 Å². The molecule has 1 aromatic rings. The fraction of sp³-hybridized carbons (Fsp3) is 0.462. The molecule has 0 aromatic heterocycles. The molecule has 1 N–H and O–H groups in total. The van der Waals surface area contributed by atoms with Gasteiger partial charge in [0.1, 0.15) is 0 Å². The molecule has 0 radical (unpaired) electrons. The molecule has 0 heterocycles. The Morgan fingerprint density at radius 2 is 2.12 bits per heavy atom. The van der Waals surface area contributed by atoms with Crippen LogP contribution in [0.25, 0.3) is 0 Å². The number of carbonyl (C=O) groups is 1. The van der Waals surface area contributed by atoms with Crippen LogP contribution in [0.3, 0.4) is 0 Å². The first-order valence-corrected chi connectivity index (χ1v) is 6.27. The summed E-state index contributed by atoms with van der Waals surface area (Å²) in [5.74, 6) is -0.225. The van der Waals surface area contributed by atoms with Gasteiger partial charge in [-0.15, -0.1) is 0 Å². The molecule has 0 bridgehead atoms. The predicted molar refractivity (Wildman–Crippen MR) is 67.0 cm³/mol. The highest BCUT2D eigenvalue weighted by atomic mass is 35.5. The molecule has 92 valence electrons. The minimum atomic E-state index is -0.225. The zero-order chi connectivity index (χ0) is 12.3. The average molecular weight is 254 g/mol. The number of hydroxylamine groups is 1. The summed E-state index contributed by atoms with van der Waals surface area (Å²) in [4.78, 5) is 17.3. The van der Waals surface area contributed by atoms with Crippen LogP contribution in [0.5, 0.6) is 0 Å². The first-order chi connectivity index (χ1) is 8.16. The van der Waals surface area contributed by atoms with Gasteiger partial charge in [-0.1, -0.05) is 30.5 Å². The molecule has 1 fully saturated rings. The first kappa shape index (κ1) is 12.4. The number of aryl methyl sites for hydroxylation is 1. The van der Waals surface area contributed by atoms with Gasteiger partial charge in [-0.05, 0) is 37.5 Å². The van der Waals surface area contributed by atoms with E-state index in [9.17, 15) is 4.79 Å². The Bertz CT molecular complexity index is 414. The van der Waals surface area contributed by atoms with E-state index in [1.807, 2.05) is 13.0 Å². The van der Waals surface area contributed by atoms with E-state index < -0.39 is 0 Å². The van der Waals surface area contributed by atoms with Crippen molar-refractivity contribution in [3.05, 3.63) is 34.3 Å². The molecule has 1 amide bonds. The van der Waals surface area contributed by atoms with Crippen LogP contribution in [0, 0.1) is 6.92 Å². The number of benzene rings is 1. The van der Waals surface area contributed by atoms with E-state index in [1.54, 1.807) is 12.1 Å². The summed E-state index contributed by atoms with van der Waals surface area (Å²) in [6.07, 6.45) is 4.57. The molecule has 4 heteroatoms. The topological polar surface area (TPSA) is 38.3 Å². The molecule has 0 aliphatic heterocycles. The molecule has 1 saturated carbocycles. The maximum Gasteiger partial charge on any atom is 0.275 e. The second-order valence-corrected chi connectivity index (χ2v) is 4.85. The minimum absolute atomic E-state index is 0.165. The highest BCUT2D eigenvalue weighted by Gasteiger charge is 2.18. The standard InChI is InChI=1S/C13H16ClNO2/c1-9-6-7-10(14)8-12(9)13(16)15-17-11-4-2-3-5-11/h6-8,11H,2-5H2,1H3,(H,15,16). The minimum Gasteiger partial charge on any atom is -0.270 e. The Labute approximate surface area is 106 Å². The van der Waals surface area contributed by atoms with Gasteiger partial charge in [0.2, 0.25) is 0 Å². The van der Waals surface area contributed by atoms with Gasteiger partial charge in [-0.25, -0.2) is 5.48 Å². The third kappa shape index (κ3) is 3.20. The zero-order valence-electron chi connectivity index (χ0n) is 9.83. The van der Waals surface area contributed by atoms with Crippen LogP contribution >= 0.6 is 11.6 Å². The van der Waals surface area contributed by atoms with Crippen LogP contribution in [0.2, 0.25) is 5.02 Å². The summed E-state index contributed by atoms with van der Waals surface area (Å²) in [6.45, 7) is 1.88. The van der Waals surface area contributed by atoms with Crippen molar-refractivity contribution in [2.75, 3.05) is 0 Å². The largest absolute Gasteiger partial charge is 0.275 e. The van der Waals surface area contributed by atoms with Gasteiger partial charge >= 0.3 is 0 Å². The lowest BCUT2D eigenvalue weighted by Gasteiger charge is -2.12. The predicted octanol–water partition coefficient (Wildman–Crippen LogP) is 3.25. The Morgan fingerprint density at radius 3 is 2.82 bits per heavy atom. The molecule has 3 nitrogen and oxygen atoms in total. The van der Waals surface area contributed by atoms with Crippen molar-refractivity contribution in [1.82, 2.24) is 5.48 Å². The van der Waals surface area contributed by atoms with E-state index in [0.717, 1.165) is 18.4 Å². The van der Waals surface area contributed by atoms with Crippen LogP contribution in [0.15, 0.2) is 18.2 Å². The summed E-state index contributed by atoms with van der Waals surface area (Å²) in [5.41, 5.74) is 3.97. The first-order valence-electron chi connectivity index (χ1n) is 5.89. The van der Waals surface area contributed by atoms with E-state index in [2.05, 4.69) is 5.48 Å². The number of hydrogen-bond donors (Lipinski definition) is 1. The maximum absolute atomic E-state index is 11.9. The molecule has 17 heavy (non-hydrogen) atoms. The van der Waals surface area contributed by atoms with Crippen LogP contribution < -0.4 is 5.48 Å². The van der Waals surface area contributed by atoms with Crippen molar-refractivity contribution in [2.45, 2.75) is 38.7 Å². The Hall–Kier alpha value is -1.06. The second-order valence-electron chi connectivity index (χ2n) is 4.41. The number of carbonyl (C=O) groups excluding carboxylic acids is 1. The number of halogens is 1. The average Bonchev–Trinajstić information content (AvgIpc) is 2.82. The van der Waals surface area contributed by atoms with Gasteiger partial charge in [-0.3, -0.25) is 9.63 Å². The fourth-order valence-electron chi connectivity index (χ4n) is 2.04. The molecular weight excluding hydrogens is 238 g/mol. The normalized spacial score (nSPS) is 16.1. The maximum atomic E-state index is 11.9. The number of rotatable bonds is 3. The van der Waals surface area contributed by atoms with E-state index in [1.165, 1.54) is 12.8 Å². The molecule has 0 unspecified atom stereocenters. The molecule has 0 saturated heterocycles. The summed E-state index contributed by atoms with van der Waals surface area (Å²) >= 11 is 5.87. The summed E-state index contributed by atoms with van der Waals surface area (Å²) in [6, 6.07) is 5.25. The van der Waals surface area contributed by atoms with Crippen molar-refractivity contribution >= 4 is 17.5 Å². The smallest absolute Gasteiger partial charge is 0.270 e. The van der Waals surface area contributed by atoms with Gasteiger partial charge < -0.3 is 0 Å². The third-order valence-corrected chi connectivity index (χ3v) is 3.30. The summed E-state index contributed by atoms with van der Waals surface area (Å²) < 4.78 is 0. The number of amides is 1. The fourth-order valence-corrected chi connectivity index (χ4v) is 2.21. The molecule has 2 rings (SSSR count). The van der Waals surface area contributed by atoms with E-state index >= 15 is 0 Å². The molecule has 0 atom stereocenters. The zero-order valence-corrected chi connectivity index (χ0v) is 10.6. The van der Waals surface area contributed by atoms with Gasteiger partial charge in [0.15, 0.2) is 0 Å². The van der Waals surface area contributed by atoms with Crippen LogP contribution in [0.4, 0.5) is 0 Å². The second kappa shape index (κ2) is 5.52. The Kier molecular flexibility index (Phi) is 4.02. The molecule has 1 aliphatic rings. The highest BCUT2D eigenvalue weighted by molar-refractivity contribution is 6.31. The van der Waals surface area contributed by atoms with Crippen molar-refractivity contribution in [2.24, 2.45) is 0 Å². The third-order valence-electron chi connectivity index (χ3n) is 3.06. The highest BCUT2D eigenvalue weighted by Crippen LogP contribution is 2.20. The van der Waals surface area contributed by atoms with Crippen molar-refractivity contribution in [1.29, 1.82) is 0 Å². The summed E-state index contributed by atoms with van der Waals surface area (Å²) in [5, 5.41) is 0.557. The van der Waals surface area contributed by atoms with Gasteiger partial charge in [-0.2, -0.15) is 0 Å². The van der Waals surface area contributed by atoms with Crippen LogP contribution in [0.1, 0.15) is 41.6 Å². The molecule has 1 aromatic carbocycles. The van der Waals surface area contributed by atoms with Gasteiger partial charge in [0.25, 0.3) is 5.91 Å². The van der Waals surface area contributed by atoms with Crippen molar-refractivity contribution in [3.8, 4) is 0 Å². The molecular formula is C13H16ClNO2. The summed E-state index contributed by atoms with van der Waals surface area (Å²) in [7, 11) is 0. The van der Waals surface area contributed by atoms with Gasteiger partial charge in [0.05, 0.1) is 6.10 Å². The molecule has 0 spiro atoms. The quantitative estimate of drug-likeness (QED) is 0.840. The van der Waals surface area contributed by atoms with Gasteiger partial charge in [0, 0.05) is 10.6 Å². The van der Waals surface area contributed by atoms with E-state index in [0.29, 0.717) is 10.6 Å². The molecule has 1 aliphatic carbocycles. The number of hydrogen-bond acceptors (Lipinski definition) is 2. The number of nitrogens with one attached hydrogen (secondary N) is 1. The Morgan fingerprint density at radius 1 is 1.41 bits per heavy atom. The lowest BCUT2D eigenvalue weighted by atomic mass is 10.1.